The van der Waals surface area contributed by atoms with Crippen molar-refractivity contribution in [2.75, 3.05) is 7.05 Å². The number of hydrogen-bond acceptors (Lipinski definition) is 2. The van der Waals surface area contributed by atoms with Crippen molar-refractivity contribution in [1.82, 2.24) is 4.90 Å². The maximum atomic E-state index is 11.2. The van der Waals surface area contributed by atoms with Crippen molar-refractivity contribution in [3.05, 3.63) is 34.9 Å². The van der Waals surface area contributed by atoms with Gasteiger partial charge in [0.15, 0.2) is 0 Å². The predicted molar refractivity (Wildman–Crippen MR) is 76.2 cm³/mol. The van der Waals surface area contributed by atoms with Gasteiger partial charge in [-0.05, 0) is 62.3 Å². The van der Waals surface area contributed by atoms with Gasteiger partial charge >= 0.3 is 0 Å². The zero-order valence-corrected chi connectivity index (χ0v) is 11.7. The van der Waals surface area contributed by atoms with E-state index in [4.69, 9.17) is 0 Å². The van der Waals surface area contributed by atoms with Crippen LogP contribution in [0.15, 0.2) is 18.2 Å². The van der Waals surface area contributed by atoms with Crippen LogP contribution in [-0.2, 0) is 18.4 Å². The molecule has 0 aromatic heterocycles. The van der Waals surface area contributed by atoms with Gasteiger partial charge in [-0.25, -0.2) is 0 Å². The van der Waals surface area contributed by atoms with E-state index in [2.05, 4.69) is 30.1 Å². The summed E-state index contributed by atoms with van der Waals surface area (Å²) in [5, 5.41) is 11.2. The molecule has 2 heteroatoms. The van der Waals surface area contributed by atoms with Crippen molar-refractivity contribution >= 4 is 0 Å². The number of benzene rings is 1. The van der Waals surface area contributed by atoms with Crippen molar-refractivity contribution in [3.8, 4) is 0 Å². The van der Waals surface area contributed by atoms with Crippen LogP contribution in [0.3, 0.4) is 0 Å². The maximum Gasteiger partial charge on any atom is 0.0926 e. The van der Waals surface area contributed by atoms with Gasteiger partial charge in [-0.2, -0.15) is 0 Å². The standard InChI is InChI=1S/C17H23NO/c1-18-15-3-2-4-16(18)11-17(19,10-15)14-8-7-12-5-6-13(12)9-14/h7-9,15-16,19H,2-6,10-11H2,1H3. The average Bonchev–Trinajstić information content (AvgIpc) is 2.33. The monoisotopic (exact) mass is 257 g/mol. The van der Waals surface area contributed by atoms with Gasteiger partial charge in [-0.3, -0.25) is 0 Å². The summed E-state index contributed by atoms with van der Waals surface area (Å²) in [6, 6.07) is 7.84. The molecule has 2 nitrogen and oxygen atoms in total. The first-order chi connectivity index (χ1) is 9.16. The molecule has 0 spiro atoms. The smallest absolute Gasteiger partial charge is 0.0926 e. The van der Waals surface area contributed by atoms with Crippen LogP contribution in [0.4, 0.5) is 0 Å². The molecule has 0 amide bonds. The highest BCUT2D eigenvalue weighted by atomic mass is 16.3. The molecule has 2 bridgehead atoms. The Hall–Kier alpha value is -0.860. The molecule has 19 heavy (non-hydrogen) atoms. The van der Waals surface area contributed by atoms with Crippen molar-refractivity contribution in [2.24, 2.45) is 0 Å². The second-order valence-corrected chi connectivity index (χ2v) is 6.83. The summed E-state index contributed by atoms with van der Waals surface area (Å²) >= 11 is 0. The Morgan fingerprint density at radius 3 is 2.37 bits per heavy atom. The number of piperidine rings is 2. The number of aliphatic hydroxyl groups is 1. The third-order valence-corrected chi connectivity index (χ3v) is 5.78. The highest BCUT2D eigenvalue weighted by molar-refractivity contribution is 5.41. The molecular weight excluding hydrogens is 234 g/mol. The van der Waals surface area contributed by atoms with Crippen LogP contribution in [0.1, 0.15) is 48.8 Å². The van der Waals surface area contributed by atoms with E-state index >= 15 is 0 Å². The van der Waals surface area contributed by atoms with E-state index in [0.29, 0.717) is 12.1 Å². The van der Waals surface area contributed by atoms with Gasteiger partial charge in [0.25, 0.3) is 0 Å². The summed E-state index contributed by atoms with van der Waals surface area (Å²) in [4.78, 5) is 2.51. The van der Waals surface area contributed by atoms with Gasteiger partial charge in [0.05, 0.1) is 5.60 Å². The molecule has 1 aromatic rings. The van der Waals surface area contributed by atoms with Gasteiger partial charge in [0, 0.05) is 12.1 Å². The summed E-state index contributed by atoms with van der Waals surface area (Å²) in [5.41, 5.74) is 3.55. The molecule has 1 aromatic carbocycles. The molecule has 3 aliphatic rings. The number of rotatable bonds is 1. The predicted octanol–water partition coefficient (Wildman–Crippen LogP) is 2.62. The Kier molecular flexibility index (Phi) is 2.55. The first-order valence-electron chi connectivity index (χ1n) is 7.72. The van der Waals surface area contributed by atoms with Gasteiger partial charge in [-0.1, -0.05) is 24.6 Å². The molecule has 2 heterocycles. The van der Waals surface area contributed by atoms with E-state index in [-0.39, 0.29) is 0 Å². The summed E-state index contributed by atoms with van der Waals surface area (Å²) in [5.74, 6) is 0. The summed E-state index contributed by atoms with van der Waals surface area (Å²) in [6.45, 7) is 0. The zero-order chi connectivity index (χ0) is 13.0. The molecule has 1 N–H and O–H groups in total. The Bertz CT molecular complexity index is 496. The lowest BCUT2D eigenvalue weighted by Gasteiger charge is -2.51. The van der Waals surface area contributed by atoms with Crippen molar-refractivity contribution in [2.45, 2.75) is 62.6 Å². The Labute approximate surface area is 115 Å². The number of nitrogens with zero attached hydrogens (tertiary/aromatic N) is 1. The summed E-state index contributed by atoms with van der Waals surface area (Å²) < 4.78 is 0. The molecule has 1 aliphatic carbocycles. The van der Waals surface area contributed by atoms with Crippen LogP contribution in [0.5, 0.6) is 0 Å². The summed E-state index contributed by atoms with van der Waals surface area (Å²) in [7, 11) is 2.24. The molecule has 2 atom stereocenters. The van der Waals surface area contributed by atoms with Crippen LogP contribution in [-0.4, -0.2) is 29.1 Å². The average molecular weight is 257 g/mol. The molecule has 2 aliphatic heterocycles. The minimum atomic E-state index is -0.577. The third-order valence-electron chi connectivity index (χ3n) is 5.78. The first kappa shape index (κ1) is 11.9. The van der Waals surface area contributed by atoms with E-state index in [1.54, 1.807) is 0 Å². The number of fused-ring (bicyclic) bond motifs is 3. The van der Waals surface area contributed by atoms with Crippen LogP contribution >= 0.6 is 0 Å². The Balaban J connectivity index is 1.67. The van der Waals surface area contributed by atoms with Gasteiger partial charge in [-0.15, -0.1) is 0 Å². The molecule has 2 saturated heterocycles. The Morgan fingerprint density at radius 2 is 1.79 bits per heavy atom. The fourth-order valence-corrected chi connectivity index (χ4v) is 4.37. The normalized spacial score (nSPS) is 37.6. The largest absolute Gasteiger partial charge is 0.385 e. The quantitative estimate of drug-likeness (QED) is 0.836. The van der Waals surface area contributed by atoms with E-state index in [1.165, 1.54) is 48.8 Å². The second kappa shape index (κ2) is 4.07. The van der Waals surface area contributed by atoms with E-state index in [0.717, 1.165) is 12.8 Å². The molecule has 0 saturated carbocycles. The van der Waals surface area contributed by atoms with E-state index in [9.17, 15) is 5.11 Å². The van der Waals surface area contributed by atoms with Crippen LogP contribution in [0.25, 0.3) is 0 Å². The third kappa shape index (κ3) is 1.77. The highest BCUT2D eigenvalue weighted by Crippen LogP contribution is 2.44. The van der Waals surface area contributed by atoms with Crippen molar-refractivity contribution in [3.63, 3.8) is 0 Å². The van der Waals surface area contributed by atoms with Crippen LogP contribution in [0.2, 0.25) is 0 Å². The molecular formula is C17H23NO. The van der Waals surface area contributed by atoms with Gasteiger partial charge in [0.2, 0.25) is 0 Å². The zero-order valence-electron chi connectivity index (χ0n) is 11.7. The SMILES string of the molecule is CN1C2CCCC1CC(O)(c1ccc3c(c1)CC3)C2. The molecule has 2 unspecified atom stereocenters. The van der Waals surface area contributed by atoms with Gasteiger partial charge < -0.3 is 10.0 Å². The molecule has 0 radical (unpaired) electrons. The molecule has 4 rings (SSSR count). The first-order valence-corrected chi connectivity index (χ1v) is 7.72. The fourth-order valence-electron chi connectivity index (χ4n) is 4.37. The van der Waals surface area contributed by atoms with Crippen molar-refractivity contribution in [1.29, 1.82) is 0 Å². The van der Waals surface area contributed by atoms with E-state index in [1.807, 2.05) is 0 Å². The van der Waals surface area contributed by atoms with E-state index < -0.39 is 5.60 Å². The second-order valence-electron chi connectivity index (χ2n) is 6.83. The lowest BCUT2D eigenvalue weighted by atomic mass is 9.71. The minimum Gasteiger partial charge on any atom is -0.385 e. The Morgan fingerprint density at radius 1 is 1.11 bits per heavy atom. The van der Waals surface area contributed by atoms with Crippen molar-refractivity contribution < 1.29 is 5.11 Å². The summed E-state index contributed by atoms with van der Waals surface area (Å²) in [6.07, 6.45) is 8.09. The lowest BCUT2D eigenvalue weighted by molar-refractivity contribution is -0.0875. The molecule has 2 fully saturated rings. The lowest BCUT2D eigenvalue weighted by Crippen LogP contribution is -2.55. The fraction of sp³-hybridized carbons (Fsp3) is 0.647. The number of aryl methyl sites for hydroxylation is 2. The van der Waals surface area contributed by atoms with Crippen LogP contribution in [0, 0.1) is 0 Å². The maximum absolute atomic E-state index is 11.2. The highest BCUT2D eigenvalue weighted by Gasteiger charge is 2.45. The minimum absolute atomic E-state index is 0.573. The molecule has 102 valence electrons. The number of hydrogen-bond donors (Lipinski definition) is 1. The topological polar surface area (TPSA) is 23.5 Å². The van der Waals surface area contributed by atoms with Crippen LogP contribution < -0.4 is 0 Å². The van der Waals surface area contributed by atoms with Gasteiger partial charge in [0.1, 0.15) is 0 Å².